The second-order valence-corrected chi connectivity index (χ2v) is 6.60. The molecule has 1 aromatic carbocycles. The highest BCUT2D eigenvalue weighted by Gasteiger charge is 2.19. The highest BCUT2D eigenvalue weighted by molar-refractivity contribution is 7.95. The first-order valence-electron chi connectivity index (χ1n) is 7.66. The topological polar surface area (TPSA) is 42.0 Å². The van der Waals surface area contributed by atoms with Gasteiger partial charge < -0.3 is 9.47 Å². The van der Waals surface area contributed by atoms with Crippen LogP contribution in [0.25, 0.3) is 0 Å². The minimum Gasteiger partial charge on any atom is -0.410 e. The van der Waals surface area contributed by atoms with Gasteiger partial charge in [0.05, 0.1) is 13.2 Å². The normalized spacial score (nSPS) is 17.0. The summed E-state index contributed by atoms with van der Waals surface area (Å²) >= 11 is 1.37. The number of morpholine rings is 1. The molecule has 122 valence electrons. The summed E-state index contributed by atoms with van der Waals surface area (Å²) in [6.07, 6.45) is 0.697. The minimum absolute atomic E-state index is 0.363. The van der Waals surface area contributed by atoms with Gasteiger partial charge in [0, 0.05) is 32.3 Å². The molecule has 1 aromatic rings. The molecular weight excluding hydrogens is 300 g/mol. The second-order valence-electron chi connectivity index (χ2n) is 5.37. The lowest BCUT2D eigenvalue weighted by molar-refractivity contribution is 0.0759. The van der Waals surface area contributed by atoms with E-state index in [0.29, 0.717) is 24.9 Å². The highest BCUT2D eigenvalue weighted by atomic mass is 32.2. The second kappa shape index (κ2) is 8.41. The number of amides is 1. The molecule has 0 spiro atoms. The Morgan fingerprint density at radius 1 is 1.45 bits per heavy atom. The van der Waals surface area contributed by atoms with E-state index >= 15 is 0 Å². The Morgan fingerprint density at radius 2 is 2.18 bits per heavy atom. The molecule has 1 heterocycles. The van der Waals surface area contributed by atoms with Gasteiger partial charge in [-0.1, -0.05) is 26.0 Å². The van der Waals surface area contributed by atoms with Gasteiger partial charge in [-0.15, -0.1) is 0 Å². The van der Waals surface area contributed by atoms with Crippen LogP contribution in [-0.2, 0) is 4.74 Å². The van der Waals surface area contributed by atoms with Gasteiger partial charge in [0.15, 0.2) is 0 Å². The van der Waals surface area contributed by atoms with E-state index in [-0.39, 0.29) is 6.09 Å². The van der Waals surface area contributed by atoms with Crippen LogP contribution in [0.4, 0.5) is 4.79 Å². The Labute approximate surface area is 136 Å². The Hall–Kier alpha value is -1.24. The van der Waals surface area contributed by atoms with Gasteiger partial charge in [0.1, 0.15) is 5.75 Å². The molecule has 22 heavy (non-hydrogen) atoms. The molecule has 0 bridgehead atoms. The van der Waals surface area contributed by atoms with Crippen molar-refractivity contribution in [1.29, 1.82) is 0 Å². The van der Waals surface area contributed by atoms with Crippen LogP contribution in [0.15, 0.2) is 24.3 Å². The van der Waals surface area contributed by atoms with Crippen LogP contribution in [0.5, 0.6) is 5.75 Å². The Bertz CT molecular complexity index is 492. The number of benzene rings is 1. The molecule has 1 atom stereocenters. The third kappa shape index (κ3) is 4.90. The first-order chi connectivity index (χ1) is 10.6. The van der Waals surface area contributed by atoms with Crippen LogP contribution < -0.4 is 4.74 Å². The zero-order valence-corrected chi connectivity index (χ0v) is 14.3. The zero-order valence-electron chi connectivity index (χ0n) is 13.4. The van der Waals surface area contributed by atoms with E-state index < -0.39 is 0 Å². The number of ether oxygens (including phenoxy) is 2. The number of nitrogens with zero attached hydrogens (tertiary/aromatic N) is 2. The fourth-order valence-electron chi connectivity index (χ4n) is 2.12. The molecule has 5 nitrogen and oxygen atoms in total. The van der Waals surface area contributed by atoms with Gasteiger partial charge in [-0.2, -0.15) is 0 Å². The van der Waals surface area contributed by atoms with E-state index in [1.165, 1.54) is 22.0 Å². The van der Waals surface area contributed by atoms with Crippen molar-refractivity contribution < 1.29 is 14.3 Å². The van der Waals surface area contributed by atoms with E-state index in [9.17, 15) is 4.79 Å². The van der Waals surface area contributed by atoms with E-state index in [0.717, 1.165) is 19.5 Å². The van der Waals surface area contributed by atoms with E-state index in [2.05, 4.69) is 24.2 Å². The van der Waals surface area contributed by atoms with E-state index in [1.54, 1.807) is 7.05 Å². The summed E-state index contributed by atoms with van der Waals surface area (Å²) in [5, 5.41) is 0. The lowest BCUT2D eigenvalue weighted by atomic mass is 9.99. The van der Waals surface area contributed by atoms with Gasteiger partial charge in [0.2, 0.25) is 0 Å². The first-order valence-corrected chi connectivity index (χ1v) is 8.39. The van der Waals surface area contributed by atoms with Gasteiger partial charge in [-0.3, -0.25) is 0 Å². The molecule has 0 saturated carbocycles. The molecule has 0 radical (unpaired) electrons. The van der Waals surface area contributed by atoms with Crippen molar-refractivity contribution in [3.8, 4) is 5.75 Å². The minimum atomic E-state index is -0.363. The fraction of sp³-hybridized carbons (Fsp3) is 0.562. The van der Waals surface area contributed by atoms with Gasteiger partial charge >= 0.3 is 6.09 Å². The molecule has 1 fully saturated rings. The van der Waals surface area contributed by atoms with Crippen LogP contribution in [-0.4, -0.2) is 48.1 Å². The zero-order chi connectivity index (χ0) is 15.9. The summed E-state index contributed by atoms with van der Waals surface area (Å²) in [5.41, 5.74) is 1.19. The van der Waals surface area contributed by atoms with Crippen LogP contribution in [0, 0.1) is 0 Å². The molecule has 0 N–H and O–H groups in total. The van der Waals surface area contributed by atoms with Crippen molar-refractivity contribution >= 4 is 18.2 Å². The number of hydrogen-bond acceptors (Lipinski definition) is 5. The molecule has 1 amide bonds. The molecule has 1 unspecified atom stereocenters. The van der Waals surface area contributed by atoms with Crippen LogP contribution in [0.2, 0.25) is 0 Å². The van der Waals surface area contributed by atoms with Crippen molar-refractivity contribution in [2.45, 2.75) is 26.2 Å². The average molecular weight is 324 g/mol. The average Bonchev–Trinajstić information content (AvgIpc) is 2.55. The predicted molar refractivity (Wildman–Crippen MR) is 88.9 cm³/mol. The molecule has 1 saturated heterocycles. The van der Waals surface area contributed by atoms with Gasteiger partial charge in [-0.05, 0) is 30.0 Å². The number of carbonyl (C=O) groups excluding carboxylic acids is 1. The lowest BCUT2D eigenvalue weighted by Gasteiger charge is -2.28. The Kier molecular flexibility index (Phi) is 6.54. The van der Waals surface area contributed by atoms with Crippen LogP contribution >= 0.6 is 12.1 Å². The quantitative estimate of drug-likeness (QED) is 0.775. The predicted octanol–water partition coefficient (Wildman–Crippen LogP) is 3.53. The Morgan fingerprint density at radius 3 is 2.86 bits per heavy atom. The molecule has 6 heteroatoms. The maximum atomic E-state index is 12.2. The molecule has 2 rings (SSSR count). The van der Waals surface area contributed by atoms with Crippen LogP contribution in [0.3, 0.4) is 0 Å². The van der Waals surface area contributed by atoms with Gasteiger partial charge in [0.25, 0.3) is 0 Å². The summed E-state index contributed by atoms with van der Waals surface area (Å²) < 4.78 is 14.4. The summed E-state index contributed by atoms with van der Waals surface area (Å²) in [6.45, 7) is 7.34. The van der Waals surface area contributed by atoms with E-state index in [1.807, 2.05) is 18.2 Å². The standard InChI is InChI=1S/C16H24N2O3S/c1-4-13(2)14-6-5-7-15(12-14)21-16(19)17(3)22-18-8-10-20-11-9-18/h5-7,12-13H,4,8-11H2,1-3H3. The van der Waals surface area contributed by atoms with Crippen molar-refractivity contribution in [3.63, 3.8) is 0 Å². The summed E-state index contributed by atoms with van der Waals surface area (Å²) in [5.74, 6) is 1.05. The monoisotopic (exact) mass is 324 g/mol. The number of hydrogen-bond donors (Lipinski definition) is 0. The summed E-state index contributed by atoms with van der Waals surface area (Å²) in [7, 11) is 1.72. The fourth-order valence-corrected chi connectivity index (χ4v) is 2.88. The molecule has 1 aliphatic rings. The maximum Gasteiger partial charge on any atom is 0.426 e. The summed E-state index contributed by atoms with van der Waals surface area (Å²) in [4.78, 5) is 12.2. The number of rotatable bonds is 5. The van der Waals surface area contributed by atoms with E-state index in [4.69, 9.17) is 9.47 Å². The number of carbonyl (C=O) groups is 1. The molecular formula is C16H24N2O3S. The highest BCUT2D eigenvalue weighted by Crippen LogP contribution is 2.24. The third-order valence-corrected chi connectivity index (χ3v) is 4.70. The van der Waals surface area contributed by atoms with Crippen molar-refractivity contribution in [2.75, 3.05) is 33.4 Å². The lowest BCUT2D eigenvalue weighted by Crippen LogP contribution is -2.36. The molecule has 1 aliphatic heterocycles. The Balaban J connectivity index is 1.90. The van der Waals surface area contributed by atoms with Crippen molar-refractivity contribution in [3.05, 3.63) is 29.8 Å². The first kappa shape index (κ1) is 17.1. The largest absolute Gasteiger partial charge is 0.426 e. The van der Waals surface area contributed by atoms with Crippen molar-refractivity contribution in [1.82, 2.24) is 8.61 Å². The third-order valence-electron chi connectivity index (χ3n) is 3.71. The van der Waals surface area contributed by atoms with Crippen molar-refractivity contribution in [2.24, 2.45) is 0 Å². The SMILES string of the molecule is CCC(C)c1cccc(OC(=O)N(C)SN2CCOCC2)c1. The maximum absolute atomic E-state index is 12.2. The molecule has 0 aliphatic carbocycles. The van der Waals surface area contributed by atoms with Gasteiger partial charge in [-0.25, -0.2) is 13.4 Å². The summed E-state index contributed by atoms with van der Waals surface area (Å²) in [6, 6.07) is 7.76. The molecule has 0 aromatic heterocycles. The smallest absolute Gasteiger partial charge is 0.410 e. The van der Waals surface area contributed by atoms with Crippen LogP contribution in [0.1, 0.15) is 31.7 Å².